The Balaban J connectivity index is 6.81. The Bertz CT molecular complexity index is 1960. The summed E-state index contributed by atoms with van der Waals surface area (Å²) in [5.41, 5.74) is 27.1. The number of hydrogen-bond acceptors (Lipinski definition) is 16. The van der Waals surface area contributed by atoms with Gasteiger partial charge in [-0.2, -0.15) is 11.8 Å². The van der Waals surface area contributed by atoms with Crippen LogP contribution in [0.2, 0.25) is 0 Å². The molecule has 0 heterocycles. The molecule has 0 aliphatic carbocycles. The van der Waals surface area contributed by atoms with E-state index in [1.807, 2.05) is 0 Å². The molecule has 8 atom stereocenters. The van der Waals surface area contributed by atoms with Crippen LogP contribution in [0.3, 0.4) is 0 Å². The van der Waals surface area contributed by atoms with Crippen molar-refractivity contribution in [2.24, 2.45) is 33.7 Å². The monoisotopic (exact) mass is 1050 g/mol. The smallest absolute Gasteiger partial charge is 0.305 e. The van der Waals surface area contributed by atoms with E-state index in [4.69, 9.17) is 38.9 Å². The molecule has 0 bridgehead atoms. The Morgan fingerprint density at radius 1 is 0.486 bits per heavy atom. The number of carboxylic acid groups (broad SMARTS) is 3. The third kappa shape index (κ3) is 28.4. The van der Waals surface area contributed by atoms with Crippen LogP contribution in [0.1, 0.15) is 97.3 Å². The van der Waals surface area contributed by atoms with Gasteiger partial charge in [-0.15, -0.1) is 0 Å². The van der Waals surface area contributed by atoms with Crippen LogP contribution in [0.25, 0.3) is 0 Å². The van der Waals surface area contributed by atoms with Crippen LogP contribution in [0.4, 0.5) is 0 Å². The lowest BCUT2D eigenvalue weighted by atomic mass is 10.0. The molecule has 72 heavy (non-hydrogen) atoms. The zero-order chi connectivity index (χ0) is 55.1. The largest absolute Gasteiger partial charge is 0.481 e. The van der Waals surface area contributed by atoms with Gasteiger partial charge in [-0.05, 0) is 83.3 Å². The number of carbonyl (C=O) groups excluding carboxylic acids is 10. The first kappa shape index (κ1) is 64.7. The quantitative estimate of drug-likeness (QED) is 0.0155. The summed E-state index contributed by atoms with van der Waals surface area (Å²) in [5.74, 6) is -14.0. The Labute approximate surface area is 418 Å². The number of aliphatic carboxylic acids is 3. The Morgan fingerprint density at radius 2 is 0.875 bits per heavy atom. The molecule has 0 saturated carbocycles. The topological polar surface area (TPSA) is 521 Å². The number of aliphatic imine (C=N–C) groups is 1. The fraction of sp³-hybridized carbons (Fsp3) is 0.659. The summed E-state index contributed by atoms with van der Waals surface area (Å²) < 4.78 is 0. The number of rotatable bonds is 38. The van der Waals surface area contributed by atoms with Gasteiger partial charge in [0.2, 0.25) is 59.1 Å². The fourth-order valence-corrected chi connectivity index (χ4v) is 6.82. The van der Waals surface area contributed by atoms with Crippen molar-refractivity contribution in [2.75, 3.05) is 25.1 Å². The average molecular weight is 1050 g/mol. The van der Waals surface area contributed by atoms with E-state index in [2.05, 4.69) is 47.5 Å². The highest BCUT2D eigenvalue weighted by Gasteiger charge is 2.34. The second kappa shape index (κ2) is 34.9. The minimum Gasteiger partial charge on any atom is -0.481 e. The van der Waals surface area contributed by atoms with Gasteiger partial charge in [-0.3, -0.25) is 67.3 Å². The van der Waals surface area contributed by atoms with E-state index < -0.39 is 170 Å². The van der Waals surface area contributed by atoms with Gasteiger partial charge < -0.3 is 86.5 Å². The standard InChI is InChI=1S/C41H70N14O16S/c1-20(34(65)55-28(33(44)64)19-32(62)63)48-35(66)22(7-4-5-16-42)50-36(67)23(8-6-17-47-41(45)46)51-38(69)25(9-12-29(43)57)52-40(71)27(15-18-72-3)54-39(70)26(11-14-31(60)61)53-37(68)24(49-21(2)56)10-13-30(58)59/h20,22-28H,4-19,42H2,1-3H3,(H2,43,57)(H2,44,64)(H,48,66)(H,49,56)(H,50,67)(H,51,69)(H,52,71)(H,53,68)(H,54,70)(H,55,65)(H,58,59)(H,60,61)(H,62,63)(H4,45,46,47)/t20-,22-,23-,24-,25-,26-,27-,28-/m0/s1. The van der Waals surface area contributed by atoms with Crippen molar-refractivity contribution in [2.45, 2.75) is 146 Å². The van der Waals surface area contributed by atoms with Crippen LogP contribution >= 0.6 is 11.8 Å². The van der Waals surface area contributed by atoms with Gasteiger partial charge in [0.25, 0.3) is 0 Å². The molecule has 0 radical (unpaired) electrons. The number of nitrogens with two attached hydrogens (primary N) is 5. The van der Waals surface area contributed by atoms with Gasteiger partial charge in [0.15, 0.2) is 5.96 Å². The minimum atomic E-state index is -1.65. The number of nitrogens with one attached hydrogen (secondary N) is 8. The highest BCUT2D eigenvalue weighted by molar-refractivity contribution is 7.98. The van der Waals surface area contributed by atoms with Gasteiger partial charge in [-0.1, -0.05) is 0 Å². The summed E-state index contributed by atoms with van der Waals surface area (Å²) in [7, 11) is 0. The second-order valence-corrected chi connectivity index (χ2v) is 17.2. The summed E-state index contributed by atoms with van der Waals surface area (Å²) in [6, 6.07) is -12.2. The Morgan fingerprint density at radius 3 is 1.25 bits per heavy atom. The van der Waals surface area contributed by atoms with E-state index in [1.54, 1.807) is 6.26 Å². The third-order valence-corrected chi connectivity index (χ3v) is 10.8. The van der Waals surface area contributed by atoms with Crippen molar-refractivity contribution in [3.63, 3.8) is 0 Å². The van der Waals surface area contributed by atoms with Crippen molar-refractivity contribution in [3.05, 3.63) is 0 Å². The van der Waals surface area contributed by atoms with E-state index in [0.29, 0.717) is 6.42 Å². The van der Waals surface area contributed by atoms with E-state index >= 15 is 0 Å². The zero-order valence-corrected chi connectivity index (χ0v) is 41.1. The van der Waals surface area contributed by atoms with Crippen LogP contribution in [-0.2, 0) is 62.3 Å². The molecule has 0 spiro atoms. The summed E-state index contributed by atoms with van der Waals surface area (Å²) in [4.78, 5) is 169. The van der Waals surface area contributed by atoms with Crippen molar-refractivity contribution >= 4 is 94.7 Å². The minimum absolute atomic E-state index is 0.0423. The third-order valence-electron chi connectivity index (χ3n) is 10.1. The van der Waals surface area contributed by atoms with E-state index in [9.17, 15) is 67.4 Å². The van der Waals surface area contributed by atoms with E-state index in [-0.39, 0.29) is 56.9 Å². The van der Waals surface area contributed by atoms with Crippen LogP contribution < -0.4 is 71.2 Å². The lowest BCUT2D eigenvalue weighted by Gasteiger charge is -2.28. The molecule has 0 fully saturated rings. The molecule has 0 saturated heterocycles. The maximum atomic E-state index is 14.1. The molecule has 0 rings (SSSR count). The molecule has 0 unspecified atom stereocenters. The highest BCUT2D eigenvalue weighted by Crippen LogP contribution is 2.10. The number of nitrogens with zero attached hydrogens (tertiary/aromatic N) is 1. The predicted octanol–water partition coefficient (Wildman–Crippen LogP) is -6.20. The molecule has 21 N–H and O–H groups in total. The van der Waals surface area contributed by atoms with E-state index in [1.165, 1.54) is 18.7 Å². The number of carboxylic acids is 3. The molecule has 0 aliphatic rings. The molecule has 30 nitrogen and oxygen atoms in total. The molecular weight excluding hydrogens is 977 g/mol. The predicted molar refractivity (Wildman–Crippen MR) is 256 cm³/mol. The lowest BCUT2D eigenvalue weighted by molar-refractivity contribution is -0.140. The summed E-state index contributed by atoms with van der Waals surface area (Å²) in [6.45, 7) is 2.42. The number of primary amides is 2. The van der Waals surface area contributed by atoms with Crippen molar-refractivity contribution in [1.29, 1.82) is 0 Å². The van der Waals surface area contributed by atoms with Gasteiger partial charge in [0, 0.05) is 32.7 Å². The summed E-state index contributed by atoms with van der Waals surface area (Å²) >= 11 is 1.24. The summed E-state index contributed by atoms with van der Waals surface area (Å²) in [6.07, 6.45) is -1.96. The zero-order valence-electron chi connectivity index (χ0n) is 40.3. The maximum absolute atomic E-state index is 14.1. The number of unbranched alkanes of at least 4 members (excludes halogenated alkanes) is 1. The molecular formula is C41H70N14O16S. The molecule has 0 aromatic rings. The van der Waals surface area contributed by atoms with Crippen molar-refractivity contribution < 1.29 is 77.6 Å². The maximum Gasteiger partial charge on any atom is 0.305 e. The van der Waals surface area contributed by atoms with E-state index in [0.717, 1.165) is 6.92 Å². The number of hydrogen-bond donors (Lipinski definition) is 16. The van der Waals surface area contributed by atoms with Gasteiger partial charge in [0.1, 0.15) is 48.3 Å². The molecule has 0 aliphatic heterocycles. The molecule has 31 heteroatoms. The molecule has 0 aromatic heterocycles. The normalized spacial score (nSPS) is 14.1. The van der Waals surface area contributed by atoms with Crippen LogP contribution in [-0.4, -0.2) is 172 Å². The SMILES string of the molecule is CSCC[C@H](NC(=O)[C@H](CCC(=O)O)NC(=O)[C@H](CCC(=O)O)NC(C)=O)C(=O)N[C@@H](CCC(N)=O)C(=O)N[C@@H](CCCN=C(N)N)C(=O)N[C@@H](CCCCN)C(=O)N[C@@H](C)C(=O)N[C@@H](CC(=O)O)C(N)=O. The second-order valence-electron chi connectivity index (χ2n) is 16.2. The van der Waals surface area contributed by atoms with Crippen LogP contribution in [0.5, 0.6) is 0 Å². The van der Waals surface area contributed by atoms with Crippen molar-refractivity contribution in [3.8, 4) is 0 Å². The number of guanidine groups is 1. The van der Waals surface area contributed by atoms with Crippen LogP contribution in [0, 0.1) is 0 Å². The van der Waals surface area contributed by atoms with Crippen molar-refractivity contribution in [1.82, 2.24) is 42.5 Å². The fourth-order valence-electron chi connectivity index (χ4n) is 6.35. The Hall–Kier alpha value is -7.31. The highest BCUT2D eigenvalue weighted by atomic mass is 32.2. The van der Waals surface area contributed by atoms with Gasteiger partial charge >= 0.3 is 17.9 Å². The van der Waals surface area contributed by atoms with Crippen LogP contribution in [0.15, 0.2) is 4.99 Å². The van der Waals surface area contributed by atoms with Gasteiger partial charge in [-0.25, -0.2) is 0 Å². The number of carbonyl (C=O) groups is 13. The first-order valence-corrected chi connectivity index (χ1v) is 24.0. The first-order chi connectivity index (χ1) is 33.7. The summed E-state index contributed by atoms with van der Waals surface area (Å²) in [5, 5.41) is 46.5. The molecule has 406 valence electrons. The molecule has 10 amide bonds. The first-order valence-electron chi connectivity index (χ1n) is 22.6. The Kier molecular flexibility index (Phi) is 31.4. The lowest BCUT2D eigenvalue weighted by Crippen LogP contribution is -2.60. The number of thioether (sulfide) groups is 1. The average Bonchev–Trinajstić information content (AvgIpc) is 3.28. The van der Waals surface area contributed by atoms with Gasteiger partial charge in [0.05, 0.1) is 6.42 Å². The number of amides is 10. The molecule has 0 aromatic carbocycles.